The summed E-state index contributed by atoms with van der Waals surface area (Å²) < 4.78 is 12.7. The van der Waals surface area contributed by atoms with Crippen LogP contribution in [-0.4, -0.2) is 82.2 Å². The monoisotopic (exact) mass is 669 g/mol. The van der Waals surface area contributed by atoms with Gasteiger partial charge in [0.2, 0.25) is 17.7 Å². The predicted octanol–water partition coefficient (Wildman–Crippen LogP) is 5.70. The summed E-state index contributed by atoms with van der Waals surface area (Å²) in [6, 6.07) is 14.9. The molecule has 3 aliphatic heterocycles. The molecule has 4 aliphatic rings. The van der Waals surface area contributed by atoms with Crippen LogP contribution in [-0.2, 0) is 19.1 Å². The summed E-state index contributed by atoms with van der Waals surface area (Å²) in [5.74, 6) is -1.99. The third kappa shape index (κ3) is 5.78. The highest BCUT2D eigenvalue weighted by molar-refractivity contribution is 6.03. The van der Waals surface area contributed by atoms with Gasteiger partial charge in [0.25, 0.3) is 0 Å². The second-order valence-electron chi connectivity index (χ2n) is 14.3. The van der Waals surface area contributed by atoms with Crippen molar-refractivity contribution in [2.45, 2.75) is 88.6 Å². The van der Waals surface area contributed by atoms with Crippen molar-refractivity contribution in [2.75, 3.05) is 31.2 Å². The summed E-state index contributed by atoms with van der Waals surface area (Å²) in [4.78, 5) is 50.5. The van der Waals surface area contributed by atoms with Crippen LogP contribution in [0.3, 0.4) is 0 Å². The normalized spacial score (nSPS) is 29.7. The lowest BCUT2D eigenvalue weighted by Gasteiger charge is -2.42. The van der Waals surface area contributed by atoms with E-state index >= 15 is 9.59 Å². The lowest BCUT2D eigenvalue weighted by molar-refractivity contribution is -0.157. The highest BCUT2D eigenvalue weighted by Crippen LogP contribution is 2.66. The van der Waals surface area contributed by atoms with Crippen LogP contribution < -0.4 is 9.64 Å². The van der Waals surface area contributed by atoms with E-state index in [1.807, 2.05) is 73.3 Å². The largest absolute Gasteiger partial charge is 0.494 e. The van der Waals surface area contributed by atoms with Crippen LogP contribution in [0.2, 0.25) is 0 Å². The van der Waals surface area contributed by atoms with E-state index < -0.39 is 35.1 Å². The topological polar surface area (TPSA) is 99.6 Å². The van der Waals surface area contributed by atoms with E-state index in [0.717, 1.165) is 37.7 Å². The van der Waals surface area contributed by atoms with E-state index in [1.165, 1.54) is 0 Å². The molecule has 0 radical (unpaired) electrons. The Morgan fingerprint density at radius 1 is 1.04 bits per heavy atom. The summed E-state index contributed by atoms with van der Waals surface area (Å²) in [5.41, 5.74) is -0.872. The number of fused-ring (bicyclic) bond motifs is 1. The van der Waals surface area contributed by atoms with E-state index in [0.29, 0.717) is 31.0 Å². The molecular weight excluding hydrogens is 618 g/mol. The third-order valence-electron chi connectivity index (χ3n) is 11.6. The number of carbonyl (C=O) groups is 3. The maximum absolute atomic E-state index is 15.2. The van der Waals surface area contributed by atoms with Crippen LogP contribution in [0.4, 0.5) is 5.69 Å². The molecule has 1 N–H and O–H groups in total. The van der Waals surface area contributed by atoms with Crippen molar-refractivity contribution < 1.29 is 29.0 Å². The van der Waals surface area contributed by atoms with Gasteiger partial charge in [-0.15, -0.1) is 13.2 Å². The Labute approximate surface area is 290 Å². The first kappa shape index (κ1) is 34.9. The van der Waals surface area contributed by atoms with Gasteiger partial charge >= 0.3 is 0 Å². The Hall–Kier alpha value is -3.95. The molecule has 3 heterocycles. The molecule has 6 rings (SSSR count). The van der Waals surface area contributed by atoms with Gasteiger partial charge in [0.1, 0.15) is 17.4 Å². The molecule has 9 heteroatoms. The standard InChI is InChI=1S/C40H51N3O6/c1-6-23-41(30-19-21-31(22-20-30)48-8-3)36(45)33-34-37(46)43(32(26-44)28-15-11-9-12-16-28)35(40(34)25-27(4)39(33,5)49-40)38(47)42(24-7-2)29-17-13-10-14-18-29/h6-7,9,11-12,15-16,19-22,27,29,32-35,44H,1-2,8,10,13-14,17-18,23-26H2,3-5H3/t27?,32-,33-,34+,35?,39+,40?/m1/s1. The molecule has 2 aromatic carbocycles. The van der Waals surface area contributed by atoms with Crippen molar-refractivity contribution >= 4 is 23.4 Å². The molecule has 0 aromatic heterocycles. The first-order valence-corrected chi connectivity index (χ1v) is 17.9. The van der Waals surface area contributed by atoms with Crippen LogP contribution in [0.25, 0.3) is 0 Å². The molecule has 1 saturated carbocycles. The quantitative estimate of drug-likeness (QED) is 0.275. The zero-order valence-electron chi connectivity index (χ0n) is 29.1. The number of likely N-dealkylation sites (tertiary alicyclic amines) is 1. The molecule has 2 bridgehead atoms. The molecule has 262 valence electrons. The number of hydrogen-bond acceptors (Lipinski definition) is 6. The summed E-state index contributed by atoms with van der Waals surface area (Å²) in [6.07, 6.45) is 8.82. The number of aliphatic hydroxyl groups is 1. The smallest absolute Gasteiger partial charge is 0.248 e. The summed E-state index contributed by atoms with van der Waals surface area (Å²) in [7, 11) is 0. The number of amides is 3. The Morgan fingerprint density at radius 2 is 1.71 bits per heavy atom. The minimum Gasteiger partial charge on any atom is -0.494 e. The summed E-state index contributed by atoms with van der Waals surface area (Å²) in [5, 5.41) is 11.0. The van der Waals surface area contributed by atoms with Crippen molar-refractivity contribution in [1.82, 2.24) is 9.80 Å². The van der Waals surface area contributed by atoms with Gasteiger partial charge in [0.05, 0.1) is 36.7 Å². The van der Waals surface area contributed by atoms with E-state index in [4.69, 9.17) is 9.47 Å². The number of carbonyl (C=O) groups excluding carboxylic acids is 3. The lowest BCUT2D eigenvalue weighted by Crippen LogP contribution is -2.59. The lowest BCUT2D eigenvalue weighted by atomic mass is 9.62. The summed E-state index contributed by atoms with van der Waals surface area (Å²) >= 11 is 0. The number of benzene rings is 2. The van der Waals surface area contributed by atoms with Crippen molar-refractivity contribution in [2.24, 2.45) is 17.8 Å². The van der Waals surface area contributed by atoms with Gasteiger partial charge < -0.3 is 29.3 Å². The molecule has 1 spiro atoms. The molecule has 3 unspecified atom stereocenters. The zero-order chi connectivity index (χ0) is 34.9. The zero-order valence-corrected chi connectivity index (χ0v) is 29.1. The van der Waals surface area contributed by atoms with E-state index in [-0.39, 0.29) is 42.8 Å². The fraction of sp³-hybridized carbons (Fsp3) is 0.525. The van der Waals surface area contributed by atoms with Crippen molar-refractivity contribution in [1.29, 1.82) is 0 Å². The van der Waals surface area contributed by atoms with Crippen molar-refractivity contribution in [3.05, 3.63) is 85.5 Å². The van der Waals surface area contributed by atoms with Gasteiger partial charge in [-0.25, -0.2) is 0 Å². The van der Waals surface area contributed by atoms with Crippen LogP contribution in [0, 0.1) is 17.8 Å². The van der Waals surface area contributed by atoms with Gasteiger partial charge in [-0.05, 0) is 68.9 Å². The molecular formula is C40H51N3O6. The highest BCUT2D eigenvalue weighted by atomic mass is 16.5. The maximum Gasteiger partial charge on any atom is 0.248 e. The van der Waals surface area contributed by atoms with Gasteiger partial charge in [-0.1, -0.05) is 68.7 Å². The van der Waals surface area contributed by atoms with Gasteiger partial charge in [-0.2, -0.15) is 0 Å². The average molecular weight is 670 g/mol. The summed E-state index contributed by atoms with van der Waals surface area (Å²) in [6.45, 7) is 14.5. The molecule has 1 aliphatic carbocycles. The molecule has 2 aromatic rings. The van der Waals surface area contributed by atoms with E-state index in [1.54, 1.807) is 22.0 Å². The predicted molar refractivity (Wildman–Crippen MR) is 189 cm³/mol. The average Bonchev–Trinajstić information content (AvgIpc) is 3.63. The SMILES string of the molecule is C=CCN(C(=O)[C@H]1[C@H]2C(=O)N([C@H](CO)c3ccccc3)C(C(=O)N(CC=C)C3CCCCC3)C23CC(C)[C@]1(C)O3)c1ccc(OCC)cc1. The second-order valence-corrected chi connectivity index (χ2v) is 14.3. The second kappa shape index (κ2) is 14.1. The first-order valence-electron chi connectivity index (χ1n) is 17.9. The maximum atomic E-state index is 15.2. The number of nitrogens with zero attached hydrogens (tertiary/aromatic N) is 3. The number of hydrogen-bond donors (Lipinski definition) is 1. The van der Waals surface area contributed by atoms with Crippen LogP contribution in [0.5, 0.6) is 5.75 Å². The number of ether oxygens (including phenoxy) is 2. The molecule has 49 heavy (non-hydrogen) atoms. The number of anilines is 1. The Morgan fingerprint density at radius 3 is 2.33 bits per heavy atom. The third-order valence-corrected chi connectivity index (χ3v) is 11.6. The number of rotatable bonds is 13. The van der Waals surface area contributed by atoms with Crippen molar-refractivity contribution in [3.8, 4) is 5.75 Å². The molecule has 4 fully saturated rings. The fourth-order valence-electron chi connectivity index (χ4n) is 9.31. The Kier molecular flexibility index (Phi) is 10.1. The first-order chi connectivity index (χ1) is 23.7. The van der Waals surface area contributed by atoms with Gasteiger partial charge in [0, 0.05) is 24.8 Å². The molecule has 3 saturated heterocycles. The Bertz CT molecular complexity index is 1540. The molecule has 9 nitrogen and oxygen atoms in total. The van der Waals surface area contributed by atoms with E-state index in [9.17, 15) is 9.90 Å². The van der Waals surface area contributed by atoms with Crippen molar-refractivity contribution in [3.63, 3.8) is 0 Å². The van der Waals surface area contributed by atoms with Crippen LogP contribution >= 0.6 is 0 Å². The van der Waals surface area contributed by atoms with Gasteiger partial charge in [0.15, 0.2) is 0 Å². The Balaban J connectivity index is 1.47. The minimum atomic E-state index is -1.25. The number of aliphatic hydroxyl groups excluding tert-OH is 1. The van der Waals surface area contributed by atoms with Gasteiger partial charge in [-0.3, -0.25) is 14.4 Å². The minimum absolute atomic E-state index is 0.0164. The highest BCUT2D eigenvalue weighted by Gasteiger charge is 2.80. The van der Waals surface area contributed by atoms with Crippen LogP contribution in [0.15, 0.2) is 79.9 Å². The van der Waals surface area contributed by atoms with Crippen LogP contribution in [0.1, 0.15) is 70.9 Å². The van der Waals surface area contributed by atoms with E-state index in [2.05, 4.69) is 20.1 Å². The molecule has 3 amide bonds. The molecule has 7 atom stereocenters. The fourth-order valence-corrected chi connectivity index (χ4v) is 9.31.